The molecule has 55 heavy (non-hydrogen) atoms. The zero-order chi connectivity index (χ0) is 36.0. The fraction of sp³-hybridized carbons (Fsp3) is 0. The molecule has 4 aromatic heterocycles. The van der Waals surface area contributed by atoms with Crippen molar-refractivity contribution in [2.45, 2.75) is 0 Å². The molecule has 0 radical (unpaired) electrons. The van der Waals surface area contributed by atoms with E-state index in [1.807, 2.05) is 30.5 Å². The van der Waals surface area contributed by atoms with Gasteiger partial charge in [-0.2, -0.15) is 0 Å². The second-order valence-corrected chi connectivity index (χ2v) is 14.1. The maximum Gasteiger partial charge on any atom is 0.164 e. The Morgan fingerprint density at radius 3 is 1.80 bits per heavy atom. The van der Waals surface area contributed by atoms with Crippen LogP contribution in [0.3, 0.4) is 0 Å². The number of benzene rings is 8. The molecule has 0 aliphatic heterocycles. The smallest absolute Gasteiger partial charge is 0.164 e. The molecule has 0 aliphatic carbocycles. The fourth-order valence-corrected chi connectivity index (χ4v) is 8.33. The largest absolute Gasteiger partial charge is 0.456 e. The van der Waals surface area contributed by atoms with E-state index in [-0.39, 0.29) is 0 Å². The molecule has 12 rings (SSSR count). The van der Waals surface area contributed by atoms with Crippen LogP contribution in [0.25, 0.3) is 121 Å². The Labute approximate surface area is 313 Å². The van der Waals surface area contributed by atoms with Crippen molar-refractivity contribution < 1.29 is 4.42 Å². The molecule has 8 aromatic carbocycles. The minimum absolute atomic E-state index is 0.579. The van der Waals surface area contributed by atoms with E-state index in [1.54, 1.807) is 6.20 Å². The first-order valence-electron chi connectivity index (χ1n) is 18.3. The first kappa shape index (κ1) is 29.9. The number of aromatic nitrogens is 5. The Morgan fingerprint density at radius 1 is 0.364 bits per heavy atom. The number of hydrogen-bond acceptors (Lipinski definition) is 6. The topological polar surface area (TPSA) is 77.6 Å². The first-order valence-corrected chi connectivity index (χ1v) is 18.3. The van der Waals surface area contributed by atoms with Crippen LogP contribution in [0.5, 0.6) is 0 Å². The highest BCUT2D eigenvalue weighted by atomic mass is 16.3. The molecule has 0 saturated heterocycles. The molecule has 0 unspecified atom stereocenters. The third-order valence-corrected chi connectivity index (χ3v) is 10.9. The van der Waals surface area contributed by atoms with Crippen molar-refractivity contribution in [1.82, 2.24) is 24.9 Å². The number of pyridine rings is 2. The summed E-state index contributed by atoms with van der Waals surface area (Å²) >= 11 is 0. The van der Waals surface area contributed by atoms with Gasteiger partial charge in [0.1, 0.15) is 11.2 Å². The highest BCUT2D eigenvalue weighted by Gasteiger charge is 2.20. The lowest BCUT2D eigenvalue weighted by molar-refractivity contribution is 0.669. The predicted molar refractivity (Wildman–Crippen MR) is 223 cm³/mol. The highest BCUT2D eigenvalue weighted by molar-refractivity contribution is 6.23. The number of nitrogens with zero attached hydrogens (tertiary/aromatic N) is 5. The molecule has 4 heterocycles. The third kappa shape index (κ3) is 4.65. The molecular weight excluding hydrogens is 675 g/mol. The SMILES string of the molecule is c1ccc2cc3c(cc2c1)oc1cccc(-c2nc(-c4ccc(-c5nccc6cccnc56)cc4)nc(-c4cc5ccc6cccc7ccc(c4)c5c67)n2)c13. The van der Waals surface area contributed by atoms with E-state index in [1.165, 1.54) is 21.5 Å². The summed E-state index contributed by atoms with van der Waals surface area (Å²) in [4.78, 5) is 25.0. The monoisotopic (exact) mass is 701 g/mol. The van der Waals surface area contributed by atoms with Gasteiger partial charge in [-0.05, 0) is 85.6 Å². The lowest BCUT2D eigenvalue weighted by Crippen LogP contribution is -2.01. The van der Waals surface area contributed by atoms with E-state index in [0.717, 1.165) is 82.3 Å². The molecule has 0 saturated carbocycles. The second-order valence-electron chi connectivity index (χ2n) is 14.1. The average molecular weight is 702 g/mol. The third-order valence-electron chi connectivity index (χ3n) is 10.9. The Balaban J connectivity index is 1.08. The zero-order valence-electron chi connectivity index (χ0n) is 29.2. The van der Waals surface area contributed by atoms with Crippen molar-refractivity contribution >= 4 is 75.9 Å². The molecule has 0 aliphatic rings. The van der Waals surface area contributed by atoms with Gasteiger partial charge in [0.05, 0.1) is 11.2 Å². The number of hydrogen-bond donors (Lipinski definition) is 0. The molecule has 6 nitrogen and oxygen atoms in total. The van der Waals surface area contributed by atoms with Gasteiger partial charge in [-0.15, -0.1) is 0 Å². The van der Waals surface area contributed by atoms with Gasteiger partial charge in [0.2, 0.25) is 0 Å². The van der Waals surface area contributed by atoms with Gasteiger partial charge in [-0.3, -0.25) is 9.97 Å². The lowest BCUT2D eigenvalue weighted by Gasteiger charge is -2.13. The van der Waals surface area contributed by atoms with Gasteiger partial charge in [-0.1, -0.05) is 109 Å². The summed E-state index contributed by atoms with van der Waals surface area (Å²) in [6.07, 6.45) is 3.64. The number of fused-ring (bicyclic) bond motifs is 5. The summed E-state index contributed by atoms with van der Waals surface area (Å²) in [6.45, 7) is 0. The van der Waals surface area contributed by atoms with E-state index in [0.29, 0.717) is 17.5 Å². The van der Waals surface area contributed by atoms with E-state index >= 15 is 0 Å². The van der Waals surface area contributed by atoms with Crippen molar-refractivity contribution in [2.24, 2.45) is 0 Å². The molecule has 0 N–H and O–H groups in total. The van der Waals surface area contributed by atoms with Crippen molar-refractivity contribution in [1.29, 1.82) is 0 Å². The quantitative estimate of drug-likeness (QED) is 0.170. The summed E-state index contributed by atoms with van der Waals surface area (Å²) in [5.41, 5.74) is 6.97. The Morgan fingerprint density at radius 2 is 1.00 bits per heavy atom. The summed E-state index contributed by atoms with van der Waals surface area (Å²) in [6, 6.07) is 52.7. The van der Waals surface area contributed by atoms with Crippen LogP contribution in [0.2, 0.25) is 0 Å². The van der Waals surface area contributed by atoms with Crippen LogP contribution >= 0.6 is 0 Å². The van der Waals surface area contributed by atoms with Crippen LogP contribution in [0.15, 0.2) is 168 Å². The maximum absolute atomic E-state index is 6.47. The van der Waals surface area contributed by atoms with Gasteiger partial charge in [0.15, 0.2) is 17.5 Å². The first-order chi connectivity index (χ1) is 27.2. The normalized spacial score (nSPS) is 12.0. The Hall–Kier alpha value is -7.57. The van der Waals surface area contributed by atoms with Crippen LogP contribution < -0.4 is 0 Å². The summed E-state index contributed by atoms with van der Waals surface area (Å²) in [5, 5.41) is 12.6. The Bertz CT molecular complexity index is 3430. The van der Waals surface area contributed by atoms with Crippen molar-refractivity contribution in [3.8, 4) is 45.4 Å². The van der Waals surface area contributed by atoms with Crippen LogP contribution in [0, 0.1) is 0 Å². The van der Waals surface area contributed by atoms with Crippen LogP contribution in [-0.4, -0.2) is 24.9 Å². The standard InChI is InChI=1S/C49H27N5O/c1-2-7-34-27-41-39(26-33(34)6-1)44-38(11-4-12-40(44)55-41)49-53-47(32-17-15-31(16-18-32)46-45-30(21-23-51-46)10-5-22-50-45)52-48(54-49)37-24-35-19-13-28-8-3-9-29-14-20-36(25-37)43(35)42(28)29/h1-27H. The fourth-order valence-electron chi connectivity index (χ4n) is 8.33. The van der Waals surface area contributed by atoms with E-state index in [2.05, 4.69) is 132 Å². The van der Waals surface area contributed by atoms with Gasteiger partial charge >= 0.3 is 0 Å². The lowest BCUT2D eigenvalue weighted by atomic mass is 9.93. The van der Waals surface area contributed by atoms with Gasteiger partial charge in [-0.25, -0.2) is 15.0 Å². The van der Waals surface area contributed by atoms with Gasteiger partial charge in [0, 0.05) is 50.8 Å². The average Bonchev–Trinajstić information content (AvgIpc) is 3.62. The molecule has 6 heteroatoms. The molecule has 0 fully saturated rings. The van der Waals surface area contributed by atoms with E-state index < -0.39 is 0 Å². The van der Waals surface area contributed by atoms with E-state index in [4.69, 9.17) is 24.4 Å². The predicted octanol–water partition coefficient (Wildman–Crippen LogP) is 12.4. The molecular formula is C49H27N5O. The second kappa shape index (κ2) is 11.5. The molecule has 0 atom stereocenters. The molecule has 12 aromatic rings. The van der Waals surface area contributed by atoms with Crippen LogP contribution in [0.1, 0.15) is 0 Å². The molecule has 0 bridgehead atoms. The van der Waals surface area contributed by atoms with Crippen molar-refractivity contribution in [2.75, 3.05) is 0 Å². The zero-order valence-corrected chi connectivity index (χ0v) is 29.2. The van der Waals surface area contributed by atoms with Crippen molar-refractivity contribution in [3.05, 3.63) is 164 Å². The van der Waals surface area contributed by atoms with Crippen LogP contribution in [-0.2, 0) is 0 Å². The minimum Gasteiger partial charge on any atom is -0.456 e. The molecule has 0 amide bonds. The van der Waals surface area contributed by atoms with Gasteiger partial charge < -0.3 is 4.42 Å². The highest BCUT2D eigenvalue weighted by Crippen LogP contribution is 2.40. The molecule has 254 valence electrons. The maximum atomic E-state index is 6.47. The van der Waals surface area contributed by atoms with Crippen LogP contribution in [0.4, 0.5) is 0 Å². The number of rotatable bonds is 4. The minimum atomic E-state index is 0.579. The Kier molecular flexibility index (Phi) is 6.24. The summed E-state index contributed by atoms with van der Waals surface area (Å²) in [7, 11) is 0. The summed E-state index contributed by atoms with van der Waals surface area (Å²) in [5.74, 6) is 1.76. The number of furan rings is 1. The molecule has 0 spiro atoms. The van der Waals surface area contributed by atoms with Crippen molar-refractivity contribution in [3.63, 3.8) is 0 Å². The van der Waals surface area contributed by atoms with E-state index in [9.17, 15) is 0 Å². The van der Waals surface area contributed by atoms with Gasteiger partial charge in [0.25, 0.3) is 0 Å². The summed E-state index contributed by atoms with van der Waals surface area (Å²) < 4.78 is 6.47.